The summed E-state index contributed by atoms with van der Waals surface area (Å²) in [6.45, 7) is 1.68. The summed E-state index contributed by atoms with van der Waals surface area (Å²) in [7, 11) is 0. The molecule has 0 amide bonds. The quantitative estimate of drug-likeness (QED) is 0.589. The lowest BCUT2D eigenvalue weighted by Crippen LogP contribution is -2.39. The molecule has 0 bridgehead atoms. The summed E-state index contributed by atoms with van der Waals surface area (Å²) in [4.78, 5) is 0. The average molecular weight is 141 g/mol. The van der Waals surface area contributed by atoms with Crippen LogP contribution in [-0.2, 0) is 4.74 Å². The van der Waals surface area contributed by atoms with Gasteiger partial charge in [0.1, 0.15) is 0 Å². The second-order valence-electron chi connectivity index (χ2n) is 3.50. The highest BCUT2D eigenvalue weighted by molar-refractivity contribution is 4.98. The molecule has 10 heavy (non-hydrogen) atoms. The van der Waals surface area contributed by atoms with Crippen molar-refractivity contribution < 1.29 is 4.74 Å². The summed E-state index contributed by atoms with van der Waals surface area (Å²) in [5.74, 6) is 0.789. The number of hydrogen-bond acceptors (Lipinski definition) is 2. The largest absolute Gasteiger partial charge is 0.373 e. The first kappa shape index (κ1) is 6.62. The van der Waals surface area contributed by atoms with Crippen LogP contribution < -0.4 is 5.73 Å². The molecule has 2 aliphatic rings. The fraction of sp³-hybridized carbons (Fsp3) is 1.00. The van der Waals surface area contributed by atoms with Crippen molar-refractivity contribution in [1.29, 1.82) is 0 Å². The highest BCUT2D eigenvalue weighted by Crippen LogP contribution is 2.44. The lowest BCUT2D eigenvalue weighted by Gasteiger charge is -2.26. The standard InChI is InChI=1S/C8H15NO/c9-6-8-4-1-2-7(8)3-5-10-8/h7H,1-6,9H2. The van der Waals surface area contributed by atoms with E-state index in [0.29, 0.717) is 0 Å². The minimum absolute atomic E-state index is 0.125. The van der Waals surface area contributed by atoms with Gasteiger partial charge in [0.25, 0.3) is 0 Å². The number of fused-ring (bicyclic) bond motifs is 1. The number of nitrogens with two attached hydrogens (primary N) is 1. The van der Waals surface area contributed by atoms with E-state index in [1.54, 1.807) is 0 Å². The van der Waals surface area contributed by atoms with E-state index < -0.39 is 0 Å². The normalized spacial score (nSPS) is 45.9. The SMILES string of the molecule is NCC12CCCC1CCO2. The molecule has 0 radical (unpaired) electrons. The molecule has 0 spiro atoms. The van der Waals surface area contributed by atoms with Crippen molar-refractivity contribution in [3.63, 3.8) is 0 Å². The molecule has 1 saturated heterocycles. The fourth-order valence-corrected chi connectivity index (χ4v) is 2.44. The second kappa shape index (κ2) is 2.21. The molecule has 2 heteroatoms. The Bertz CT molecular complexity index is 125. The van der Waals surface area contributed by atoms with E-state index in [-0.39, 0.29) is 5.60 Å². The van der Waals surface area contributed by atoms with E-state index in [9.17, 15) is 0 Å². The van der Waals surface area contributed by atoms with Gasteiger partial charge in [-0.2, -0.15) is 0 Å². The summed E-state index contributed by atoms with van der Waals surface area (Å²) < 4.78 is 5.69. The van der Waals surface area contributed by atoms with Crippen LogP contribution in [0.3, 0.4) is 0 Å². The summed E-state index contributed by atoms with van der Waals surface area (Å²) >= 11 is 0. The van der Waals surface area contributed by atoms with Crippen LogP contribution in [0.2, 0.25) is 0 Å². The van der Waals surface area contributed by atoms with Crippen molar-refractivity contribution in [3.05, 3.63) is 0 Å². The van der Waals surface area contributed by atoms with Crippen molar-refractivity contribution in [1.82, 2.24) is 0 Å². The topological polar surface area (TPSA) is 35.2 Å². The van der Waals surface area contributed by atoms with Gasteiger partial charge in [0.15, 0.2) is 0 Å². The molecule has 2 fully saturated rings. The van der Waals surface area contributed by atoms with Crippen LogP contribution in [0.4, 0.5) is 0 Å². The van der Waals surface area contributed by atoms with Crippen molar-refractivity contribution in [2.45, 2.75) is 31.3 Å². The predicted molar refractivity (Wildman–Crippen MR) is 39.7 cm³/mol. The van der Waals surface area contributed by atoms with Crippen LogP contribution in [0, 0.1) is 5.92 Å². The Morgan fingerprint density at radius 3 is 3.10 bits per heavy atom. The highest BCUT2D eigenvalue weighted by Gasteiger charge is 2.46. The zero-order chi connectivity index (χ0) is 7.03. The smallest absolute Gasteiger partial charge is 0.0832 e. The maximum atomic E-state index is 5.69. The molecule has 2 N–H and O–H groups in total. The van der Waals surface area contributed by atoms with Crippen LogP contribution in [0.25, 0.3) is 0 Å². The first-order valence-corrected chi connectivity index (χ1v) is 4.21. The minimum Gasteiger partial charge on any atom is -0.373 e. The molecule has 2 rings (SSSR count). The summed E-state index contributed by atoms with van der Waals surface area (Å²) in [5, 5.41) is 0. The van der Waals surface area contributed by atoms with Crippen molar-refractivity contribution in [2.24, 2.45) is 11.7 Å². The number of hydrogen-bond donors (Lipinski definition) is 1. The molecule has 58 valence electrons. The Hall–Kier alpha value is -0.0800. The van der Waals surface area contributed by atoms with Gasteiger partial charge in [-0.05, 0) is 25.2 Å². The molecule has 1 heterocycles. The van der Waals surface area contributed by atoms with Crippen LogP contribution in [0.15, 0.2) is 0 Å². The molecular formula is C8H15NO. The monoisotopic (exact) mass is 141 g/mol. The molecule has 2 atom stereocenters. The van der Waals surface area contributed by atoms with Gasteiger partial charge in [-0.25, -0.2) is 0 Å². The third kappa shape index (κ3) is 0.722. The number of ether oxygens (including phenoxy) is 1. The van der Waals surface area contributed by atoms with Gasteiger partial charge in [-0.15, -0.1) is 0 Å². The van der Waals surface area contributed by atoms with Gasteiger partial charge < -0.3 is 10.5 Å². The third-order valence-electron chi connectivity index (χ3n) is 3.10. The molecule has 2 nitrogen and oxygen atoms in total. The molecule has 1 aliphatic heterocycles. The Kier molecular flexibility index (Phi) is 1.46. The van der Waals surface area contributed by atoms with Gasteiger partial charge in [-0.1, -0.05) is 6.42 Å². The lowest BCUT2D eigenvalue weighted by molar-refractivity contribution is -0.000196. The lowest BCUT2D eigenvalue weighted by atomic mass is 9.91. The molecule has 0 aromatic rings. The zero-order valence-electron chi connectivity index (χ0n) is 6.31. The fourth-order valence-electron chi connectivity index (χ4n) is 2.44. The Balaban J connectivity index is 2.15. The van der Waals surface area contributed by atoms with E-state index in [1.807, 2.05) is 0 Å². The van der Waals surface area contributed by atoms with Crippen LogP contribution >= 0.6 is 0 Å². The number of rotatable bonds is 1. The molecule has 0 aromatic carbocycles. The summed E-state index contributed by atoms with van der Waals surface area (Å²) in [5.41, 5.74) is 5.81. The summed E-state index contributed by atoms with van der Waals surface area (Å²) in [6, 6.07) is 0. The Morgan fingerprint density at radius 2 is 2.40 bits per heavy atom. The Morgan fingerprint density at radius 1 is 1.50 bits per heavy atom. The molecular weight excluding hydrogens is 126 g/mol. The van der Waals surface area contributed by atoms with Gasteiger partial charge in [0.2, 0.25) is 0 Å². The van der Waals surface area contributed by atoms with Gasteiger partial charge in [-0.3, -0.25) is 0 Å². The highest BCUT2D eigenvalue weighted by atomic mass is 16.5. The molecule has 0 aromatic heterocycles. The van der Waals surface area contributed by atoms with E-state index in [0.717, 1.165) is 19.1 Å². The third-order valence-corrected chi connectivity index (χ3v) is 3.10. The van der Waals surface area contributed by atoms with Crippen molar-refractivity contribution in [3.8, 4) is 0 Å². The van der Waals surface area contributed by atoms with Crippen molar-refractivity contribution >= 4 is 0 Å². The predicted octanol–water partition coefficient (Wildman–Crippen LogP) is 0.904. The maximum Gasteiger partial charge on any atom is 0.0832 e. The molecule has 2 unspecified atom stereocenters. The summed E-state index contributed by atoms with van der Waals surface area (Å²) in [6.07, 6.45) is 5.12. The van der Waals surface area contributed by atoms with Crippen LogP contribution in [0.1, 0.15) is 25.7 Å². The molecule has 1 saturated carbocycles. The Labute approximate surface area is 61.7 Å². The van der Waals surface area contributed by atoms with Gasteiger partial charge >= 0.3 is 0 Å². The molecule has 1 aliphatic carbocycles. The van der Waals surface area contributed by atoms with E-state index in [4.69, 9.17) is 10.5 Å². The zero-order valence-corrected chi connectivity index (χ0v) is 6.31. The second-order valence-corrected chi connectivity index (χ2v) is 3.50. The van der Waals surface area contributed by atoms with Crippen LogP contribution in [0.5, 0.6) is 0 Å². The average Bonchev–Trinajstić information content (AvgIpc) is 2.42. The van der Waals surface area contributed by atoms with E-state index in [1.165, 1.54) is 25.7 Å². The van der Waals surface area contributed by atoms with E-state index >= 15 is 0 Å². The van der Waals surface area contributed by atoms with Gasteiger partial charge in [0.05, 0.1) is 5.60 Å². The minimum atomic E-state index is 0.125. The van der Waals surface area contributed by atoms with E-state index in [2.05, 4.69) is 0 Å². The van der Waals surface area contributed by atoms with Crippen molar-refractivity contribution in [2.75, 3.05) is 13.2 Å². The first-order valence-electron chi connectivity index (χ1n) is 4.21. The first-order chi connectivity index (χ1) is 4.87. The van der Waals surface area contributed by atoms with Crippen LogP contribution in [-0.4, -0.2) is 18.8 Å². The van der Waals surface area contributed by atoms with Gasteiger partial charge in [0, 0.05) is 13.2 Å². The maximum absolute atomic E-state index is 5.69.